The first kappa shape index (κ1) is 24.3. The summed E-state index contributed by atoms with van der Waals surface area (Å²) in [5.41, 5.74) is 3.42. The number of carbonyl (C=O) groups is 1. The van der Waals surface area contributed by atoms with Gasteiger partial charge in [-0.2, -0.15) is 0 Å². The van der Waals surface area contributed by atoms with Gasteiger partial charge in [0, 0.05) is 30.3 Å². The summed E-state index contributed by atoms with van der Waals surface area (Å²) in [4.78, 5) is 17.8. The Bertz CT molecular complexity index is 1100. The minimum atomic E-state index is -0.0440. The summed E-state index contributed by atoms with van der Waals surface area (Å²) >= 11 is 1.55. The number of methoxy groups -OCH3 is 1. The third-order valence-corrected chi connectivity index (χ3v) is 7.07. The molecule has 3 heterocycles. The second kappa shape index (κ2) is 11.1. The second-order valence-corrected chi connectivity index (χ2v) is 9.59. The highest BCUT2D eigenvalue weighted by atomic mass is 32.1. The summed E-state index contributed by atoms with van der Waals surface area (Å²) < 4.78 is 19.2. The zero-order valence-corrected chi connectivity index (χ0v) is 21.1. The average molecular weight is 484 g/mol. The van der Waals surface area contributed by atoms with Crippen molar-refractivity contribution < 1.29 is 19.0 Å². The van der Waals surface area contributed by atoms with Crippen molar-refractivity contribution in [1.29, 1.82) is 0 Å². The fourth-order valence-corrected chi connectivity index (χ4v) is 4.73. The van der Waals surface area contributed by atoms with E-state index >= 15 is 0 Å². The van der Waals surface area contributed by atoms with E-state index in [1.807, 2.05) is 49.6 Å². The molecule has 34 heavy (non-hydrogen) atoms. The number of thiazole rings is 1. The smallest absolute Gasteiger partial charge is 0.253 e. The summed E-state index contributed by atoms with van der Waals surface area (Å²) in [6.45, 7) is 7.98. The van der Waals surface area contributed by atoms with E-state index in [0.717, 1.165) is 59.5 Å². The molecular weight excluding hydrogens is 450 g/mol. The molecular formula is C26H33N3O4S. The van der Waals surface area contributed by atoms with Crippen molar-refractivity contribution in [2.45, 2.75) is 65.3 Å². The molecule has 2 unspecified atom stereocenters. The lowest BCUT2D eigenvalue weighted by Crippen LogP contribution is -2.32. The normalized spacial score (nSPS) is 16.4. The van der Waals surface area contributed by atoms with Gasteiger partial charge >= 0.3 is 0 Å². The minimum Gasteiger partial charge on any atom is -0.497 e. The highest BCUT2D eigenvalue weighted by Crippen LogP contribution is 2.30. The number of hydrogen-bond acceptors (Lipinski definition) is 6. The molecule has 2 atom stereocenters. The molecule has 182 valence electrons. The topological polar surface area (TPSA) is 74.6 Å². The van der Waals surface area contributed by atoms with Gasteiger partial charge in [-0.05, 0) is 63.4 Å². The van der Waals surface area contributed by atoms with Crippen LogP contribution in [0.25, 0.3) is 11.4 Å². The van der Waals surface area contributed by atoms with Crippen molar-refractivity contribution in [2.24, 2.45) is 0 Å². The Morgan fingerprint density at radius 2 is 2.09 bits per heavy atom. The maximum Gasteiger partial charge on any atom is 0.253 e. The first-order chi connectivity index (χ1) is 16.5. The number of hydrogen-bond donors (Lipinski definition) is 1. The molecule has 1 N–H and O–H groups in total. The molecule has 0 aliphatic carbocycles. The molecule has 4 rings (SSSR count). The summed E-state index contributed by atoms with van der Waals surface area (Å²) in [7, 11) is 1.64. The third-order valence-electron chi connectivity index (χ3n) is 6.25. The van der Waals surface area contributed by atoms with Crippen LogP contribution in [0.2, 0.25) is 0 Å². The van der Waals surface area contributed by atoms with Gasteiger partial charge in [-0.25, -0.2) is 4.98 Å². The highest BCUT2D eigenvalue weighted by molar-refractivity contribution is 7.09. The first-order valence-corrected chi connectivity index (χ1v) is 12.7. The van der Waals surface area contributed by atoms with Gasteiger partial charge in [0.05, 0.1) is 30.2 Å². The molecule has 2 aromatic heterocycles. The highest BCUT2D eigenvalue weighted by Gasteiger charge is 2.24. The molecule has 0 saturated carbocycles. The predicted octanol–water partition coefficient (Wildman–Crippen LogP) is 5.21. The first-order valence-electron chi connectivity index (χ1n) is 11.8. The van der Waals surface area contributed by atoms with E-state index in [1.165, 1.54) is 0 Å². The van der Waals surface area contributed by atoms with E-state index in [9.17, 15) is 4.79 Å². The number of aromatic nitrogens is 2. The van der Waals surface area contributed by atoms with E-state index in [2.05, 4.69) is 16.8 Å². The van der Waals surface area contributed by atoms with Gasteiger partial charge in [-0.3, -0.25) is 4.79 Å². The summed E-state index contributed by atoms with van der Waals surface area (Å²) in [5, 5.41) is 6.00. The van der Waals surface area contributed by atoms with Gasteiger partial charge in [-0.1, -0.05) is 6.92 Å². The van der Waals surface area contributed by atoms with E-state index in [4.69, 9.17) is 19.2 Å². The lowest BCUT2D eigenvalue weighted by Gasteiger charge is -2.16. The van der Waals surface area contributed by atoms with Crippen molar-refractivity contribution in [1.82, 2.24) is 14.9 Å². The van der Waals surface area contributed by atoms with Crippen LogP contribution in [-0.4, -0.2) is 41.3 Å². The van der Waals surface area contributed by atoms with Crippen LogP contribution in [0.1, 0.15) is 54.2 Å². The van der Waals surface area contributed by atoms with Crippen LogP contribution in [0.15, 0.2) is 35.7 Å². The molecule has 1 saturated heterocycles. The lowest BCUT2D eigenvalue weighted by atomic mass is 10.2. The standard InChI is InChI=1S/C26H33N3O4S/c1-5-17(2)27-26(30)22-13-24(29(18(22)3)14-21-7-6-12-32-21)23-16-34-25(28-23)15-33-20-10-8-19(31-4)9-11-20/h8-11,13,16-17,21H,5-7,12,14-15H2,1-4H3,(H,27,30). The number of carbonyl (C=O) groups excluding carboxylic acids is 1. The maximum absolute atomic E-state index is 13.0. The zero-order chi connectivity index (χ0) is 24.1. The average Bonchev–Trinajstić information content (AvgIpc) is 3.60. The Kier molecular flexibility index (Phi) is 7.90. The van der Waals surface area contributed by atoms with Gasteiger partial charge in [0.25, 0.3) is 5.91 Å². The molecule has 8 heteroatoms. The summed E-state index contributed by atoms with van der Waals surface area (Å²) in [5.74, 6) is 1.51. The maximum atomic E-state index is 13.0. The predicted molar refractivity (Wildman–Crippen MR) is 134 cm³/mol. The lowest BCUT2D eigenvalue weighted by molar-refractivity contribution is 0.0930. The van der Waals surface area contributed by atoms with Gasteiger partial charge < -0.3 is 24.1 Å². The van der Waals surface area contributed by atoms with Crippen molar-refractivity contribution in [3.63, 3.8) is 0 Å². The van der Waals surface area contributed by atoms with Crippen molar-refractivity contribution in [3.05, 3.63) is 52.0 Å². The number of benzene rings is 1. The summed E-state index contributed by atoms with van der Waals surface area (Å²) in [6, 6.07) is 9.59. The van der Waals surface area contributed by atoms with Crippen LogP contribution in [0.5, 0.6) is 11.5 Å². The molecule has 3 aromatic rings. The molecule has 7 nitrogen and oxygen atoms in total. The monoisotopic (exact) mass is 483 g/mol. The number of rotatable bonds is 10. The zero-order valence-electron chi connectivity index (χ0n) is 20.3. The summed E-state index contributed by atoms with van der Waals surface area (Å²) in [6.07, 6.45) is 3.15. The van der Waals surface area contributed by atoms with Crippen LogP contribution in [0, 0.1) is 6.92 Å². The van der Waals surface area contributed by atoms with E-state index in [0.29, 0.717) is 18.7 Å². The Labute approximate surface area is 205 Å². The van der Waals surface area contributed by atoms with Crippen molar-refractivity contribution in [2.75, 3.05) is 13.7 Å². The van der Waals surface area contributed by atoms with Gasteiger partial charge in [0.2, 0.25) is 0 Å². The Morgan fingerprint density at radius 3 is 2.76 bits per heavy atom. The molecule has 0 bridgehead atoms. The molecule has 0 spiro atoms. The number of nitrogens with zero attached hydrogens (tertiary/aromatic N) is 2. The second-order valence-electron chi connectivity index (χ2n) is 8.65. The molecule has 1 aromatic carbocycles. The molecule has 1 aliphatic rings. The van der Waals surface area contributed by atoms with Crippen LogP contribution in [0.4, 0.5) is 0 Å². The Balaban J connectivity index is 1.55. The van der Waals surface area contributed by atoms with E-state index < -0.39 is 0 Å². The largest absolute Gasteiger partial charge is 0.497 e. The fraction of sp³-hybridized carbons (Fsp3) is 0.462. The fourth-order valence-electron chi connectivity index (χ4n) is 4.03. The van der Waals surface area contributed by atoms with Crippen LogP contribution >= 0.6 is 11.3 Å². The van der Waals surface area contributed by atoms with Crippen molar-refractivity contribution >= 4 is 17.2 Å². The quantitative estimate of drug-likeness (QED) is 0.428. The van der Waals surface area contributed by atoms with Gasteiger partial charge in [-0.15, -0.1) is 11.3 Å². The Hall–Kier alpha value is -2.84. The Morgan fingerprint density at radius 1 is 1.32 bits per heavy atom. The number of ether oxygens (including phenoxy) is 3. The van der Waals surface area contributed by atoms with Crippen LogP contribution in [-0.2, 0) is 17.9 Å². The molecule has 1 aliphatic heterocycles. The van der Waals surface area contributed by atoms with Gasteiger partial charge in [0.1, 0.15) is 23.1 Å². The molecule has 1 fully saturated rings. The number of amides is 1. The van der Waals surface area contributed by atoms with E-state index in [1.54, 1.807) is 18.4 Å². The minimum absolute atomic E-state index is 0.0440. The third kappa shape index (κ3) is 5.62. The van der Waals surface area contributed by atoms with Gasteiger partial charge in [0.15, 0.2) is 0 Å². The number of nitrogens with one attached hydrogen (secondary N) is 1. The molecule has 0 radical (unpaired) electrons. The molecule has 1 amide bonds. The van der Waals surface area contributed by atoms with E-state index in [-0.39, 0.29) is 18.1 Å². The van der Waals surface area contributed by atoms with Crippen LogP contribution in [0.3, 0.4) is 0 Å². The SMILES string of the molecule is CCC(C)NC(=O)c1cc(-c2csc(COc3ccc(OC)cc3)n2)n(CC2CCCO2)c1C. The van der Waals surface area contributed by atoms with Crippen molar-refractivity contribution in [3.8, 4) is 22.9 Å². The van der Waals surface area contributed by atoms with Crippen LogP contribution < -0.4 is 14.8 Å².